The molecule has 1 rings (SSSR count). The molecule has 0 spiro atoms. The summed E-state index contributed by atoms with van der Waals surface area (Å²) in [5.74, 6) is -2.61. The zero-order valence-electron chi connectivity index (χ0n) is 15.9. The largest absolute Gasteiger partial charge is 0.454 e. The van der Waals surface area contributed by atoms with Gasteiger partial charge in [0.2, 0.25) is 5.91 Å². The Bertz CT molecular complexity index is 627. The van der Waals surface area contributed by atoms with E-state index in [1.165, 1.54) is 6.92 Å². The molecule has 0 unspecified atom stereocenters. The predicted molar refractivity (Wildman–Crippen MR) is 90.2 cm³/mol. The Hall–Kier alpha value is -2.65. The first kappa shape index (κ1) is 21.4. The van der Waals surface area contributed by atoms with Gasteiger partial charge in [-0.25, -0.2) is 9.59 Å². The van der Waals surface area contributed by atoms with E-state index in [1.807, 2.05) is 0 Å². The summed E-state index contributed by atoms with van der Waals surface area (Å²) in [5, 5.41) is 5.51. The molecule has 0 aromatic heterocycles. The summed E-state index contributed by atoms with van der Waals surface area (Å²) in [5.41, 5.74) is 0.326. The summed E-state index contributed by atoms with van der Waals surface area (Å²) < 4.78 is 4.80. The highest BCUT2D eigenvalue weighted by atomic mass is 16.5. The summed E-state index contributed by atoms with van der Waals surface area (Å²) in [4.78, 5) is 59.4. The van der Waals surface area contributed by atoms with E-state index < -0.39 is 47.4 Å². The van der Waals surface area contributed by atoms with Gasteiger partial charge in [0.1, 0.15) is 11.6 Å². The van der Waals surface area contributed by atoms with Gasteiger partial charge in [-0.3, -0.25) is 19.8 Å². The van der Waals surface area contributed by atoms with Crippen LogP contribution in [0.3, 0.4) is 0 Å². The first-order valence-corrected chi connectivity index (χ1v) is 8.25. The highest BCUT2D eigenvalue weighted by Gasteiger charge is 2.47. The highest BCUT2D eigenvalue weighted by Crippen LogP contribution is 2.19. The van der Waals surface area contributed by atoms with Crippen molar-refractivity contribution < 1.29 is 28.7 Å². The molecule has 10 nitrogen and oxygen atoms in total. The zero-order valence-corrected chi connectivity index (χ0v) is 15.9. The lowest BCUT2D eigenvalue weighted by molar-refractivity contribution is -0.153. The number of hydrogen-bond acceptors (Lipinski definition) is 6. The van der Waals surface area contributed by atoms with Crippen molar-refractivity contribution in [3.63, 3.8) is 0 Å². The SMILES string of the molecule is CC[C@]1(C)NC(=O)N(NC(=O)COC(=O)[C@@H](C)NC(=O)C(C)(C)C)C1=O. The fourth-order valence-corrected chi connectivity index (χ4v) is 1.92. The minimum atomic E-state index is -1.09. The molecule has 1 heterocycles. The predicted octanol–water partition coefficient (Wildman–Crippen LogP) is -0.168. The third kappa shape index (κ3) is 4.93. The van der Waals surface area contributed by atoms with Gasteiger partial charge < -0.3 is 15.4 Å². The summed E-state index contributed by atoms with van der Waals surface area (Å²) in [7, 11) is 0. The van der Waals surface area contributed by atoms with Gasteiger partial charge in [0.15, 0.2) is 6.61 Å². The molecule has 0 radical (unpaired) electrons. The van der Waals surface area contributed by atoms with Crippen LogP contribution in [0.5, 0.6) is 0 Å². The average Bonchev–Trinajstić information content (AvgIpc) is 2.75. The van der Waals surface area contributed by atoms with Gasteiger partial charge in [-0.2, -0.15) is 5.01 Å². The van der Waals surface area contributed by atoms with E-state index in [-0.39, 0.29) is 5.91 Å². The average molecular weight is 370 g/mol. The van der Waals surface area contributed by atoms with Gasteiger partial charge in [-0.05, 0) is 20.3 Å². The zero-order chi connectivity index (χ0) is 20.3. The molecule has 3 N–H and O–H groups in total. The van der Waals surface area contributed by atoms with Gasteiger partial charge >= 0.3 is 12.0 Å². The van der Waals surface area contributed by atoms with E-state index in [4.69, 9.17) is 4.74 Å². The van der Waals surface area contributed by atoms with Crippen LogP contribution in [-0.2, 0) is 23.9 Å². The molecule has 0 aliphatic carbocycles. The molecular formula is C16H26N4O6. The molecule has 0 aromatic carbocycles. The van der Waals surface area contributed by atoms with Crippen LogP contribution in [0.15, 0.2) is 0 Å². The molecule has 2 atom stereocenters. The van der Waals surface area contributed by atoms with Crippen LogP contribution in [0.25, 0.3) is 0 Å². The van der Waals surface area contributed by atoms with Crippen molar-refractivity contribution in [1.29, 1.82) is 0 Å². The fraction of sp³-hybridized carbons (Fsp3) is 0.688. The number of urea groups is 1. The lowest BCUT2D eigenvalue weighted by atomic mass is 9.95. The van der Waals surface area contributed by atoms with Gasteiger partial charge in [-0.1, -0.05) is 27.7 Å². The van der Waals surface area contributed by atoms with Gasteiger partial charge in [-0.15, -0.1) is 0 Å². The number of amides is 5. The van der Waals surface area contributed by atoms with E-state index in [2.05, 4.69) is 16.1 Å². The molecule has 146 valence electrons. The molecule has 26 heavy (non-hydrogen) atoms. The monoisotopic (exact) mass is 370 g/mol. The van der Waals surface area contributed by atoms with E-state index in [0.29, 0.717) is 11.4 Å². The number of carbonyl (C=O) groups excluding carboxylic acids is 5. The van der Waals surface area contributed by atoms with Crippen LogP contribution in [0.4, 0.5) is 4.79 Å². The van der Waals surface area contributed by atoms with Crippen molar-refractivity contribution in [2.24, 2.45) is 5.41 Å². The van der Waals surface area contributed by atoms with E-state index >= 15 is 0 Å². The second-order valence-corrected chi connectivity index (χ2v) is 7.34. The number of nitrogens with zero attached hydrogens (tertiary/aromatic N) is 1. The third-order valence-corrected chi connectivity index (χ3v) is 3.93. The van der Waals surface area contributed by atoms with Crippen molar-refractivity contribution in [2.75, 3.05) is 6.61 Å². The number of hydrogen-bond donors (Lipinski definition) is 3. The summed E-state index contributed by atoms with van der Waals surface area (Å²) in [6.45, 7) is 9.06. The number of esters is 1. The maximum atomic E-state index is 12.1. The first-order chi connectivity index (χ1) is 11.8. The normalized spacial score (nSPS) is 21.1. The van der Waals surface area contributed by atoms with Crippen molar-refractivity contribution in [3.8, 4) is 0 Å². The molecule has 5 amide bonds. The number of ether oxygens (including phenoxy) is 1. The lowest BCUT2D eigenvalue weighted by Gasteiger charge is -2.21. The number of carbonyl (C=O) groups is 5. The molecule has 0 aromatic rings. The number of rotatable bonds is 6. The maximum Gasteiger partial charge on any atom is 0.344 e. The minimum absolute atomic E-state index is 0.343. The van der Waals surface area contributed by atoms with Crippen LogP contribution in [0.2, 0.25) is 0 Å². The number of hydrazine groups is 1. The van der Waals surface area contributed by atoms with E-state index in [0.717, 1.165) is 0 Å². The summed E-state index contributed by atoms with van der Waals surface area (Å²) in [6.07, 6.45) is 0.351. The van der Waals surface area contributed by atoms with Crippen LogP contribution >= 0.6 is 0 Å². The first-order valence-electron chi connectivity index (χ1n) is 8.25. The van der Waals surface area contributed by atoms with Gasteiger partial charge in [0, 0.05) is 5.41 Å². The molecule has 0 saturated carbocycles. The van der Waals surface area contributed by atoms with E-state index in [1.54, 1.807) is 34.6 Å². The molecule has 0 bridgehead atoms. The topological polar surface area (TPSA) is 134 Å². The van der Waals surface area contributed by atoms with Crippen molar-refractivity contribution in [2.45, 2.75) is 59.5 Å². The maximum absolute atomic E-state index is 12.1. The Morgan fingerprint density at radius 3 is 2.31 bits per heavy atom. The summed E-state index contributed by atoms with van der Waals surface area (Å²) in [6, 6.07) is -1.71. The van der Waals surface area contributed by atoms with Crippen LogP contribution in [-0.4, -0.2) is 52.9 Å². The van der Waals surface area contributed by atoms with Crippen LogP contribution in [0.1, 0.15) is 48.0 Å². The Morgan fingerprint density at radius 1 is 1.27 bits per heavy atom. The molecule has 1 aliphatic rings. The smallest absolute Gasteiger partial charge is 0.344 e. The minimum Gasteiger partial charge on any atom is -0.454 e. The van der Waals surface area contributed by atoms with Gasteiger partial charge in [0.25, 0.3) is 11.8 Å². The second-order valence-electron chi connectivity index (χ2n) is 7.34. The third-order valence-electron chi connectivity index (χ3n) is 3.93. The Balaban J connectivity index is 2.52. The Labute approximate surface area is 152 Å². The summed E-state index contributed by atoms with van der Waals surface area (Å²) >= 11 is 0. The highest BCUT2D eigenvalue weighted by molar-refractivity contribution is 6.07. The molecule has 10 heteroatoms. The van der Waals surface area contributed by atoms with Crippen LogP contribution < -0.4 is 16.1 Å². The Morgan fingerprint density at radius 2 is 1.85 bits per heavy atom. The second kappa shape index (κ2) is 7.71. The molecular weight excluding hydrogens is 344 g/mol. The molecule has 1 saturated heterocycles. The molecule has 1 aliphatic heterocycles. The number of nitrogens with one attached hydrogen (secondary N) is 3. The number of imide groups is 1. The van der Waals surface area contributed by atoms with Crippen LogP contribution in [0, 0.1) is 5.41 Å². The van der Waals surface area contributed by atoms with Crippen molar-refractivity contribution in [1.82, 2.24) is 21.1 Å². The standard InChI is InChI=1S/C16H26N4O6/c1-7-16(6)13(24)20(14(25)18-16)19-10(21)8-26-11(22)9(2)17-12(23)15(3,4)5/h9H,7-8H2,1-6H3,(H,17,23)(H,18,25)(H,19,21)/t9-,16+/m1/s1. The Kier molecular flexibility index (Phi) is 6.34. The van der Waals surface area contributed by atoms with Crippen molar-refractivity contribution >= 4 is 29.7 Å². The van der Waals surface area contributed by atoms with Crippen molar-refractivity contribution in [3.05, 3.63) is 0 Å². The van der Waals surface area contributed by atoms with Gasteiger partial charge in [0.05, 0.1) is 0 Å². The van der Waals surface area contributed by atoms with E-state index in [9.17, 15) is 24.0 Å². The lowest BCUT2D eigenvalue weighted by Crippen LogP contribution is -2.50. The fourth-order valence-electron chi connectivity index (χ4n) is 1.92. The quantitative estimate of drug-likeness (QED) is 0.439. The molecule has 1 fully saturated rings.